The molecule has 0 saturated heterocycles. The van der Waals surface area contributed by atoms with Crippen molar-refractivity contribution >= 4 is 5.91 Å². The van der Waals surface area contributed by atoms with Crippen LogP contribution in [-0.2, 0) is 17.8 Å². The quantitative estimate of drug-likeness (QED) is 0.699. The number of aromatic nitrogens is 2. The summed E-state index contributed by atoms with van der Waals surface area (Å²) < 4.78 is 1.98. The lowest BCUT2D eigenvalue weighted by Gasteiger charge is -2.07. The maximum atomic E-state index is 11.4. The third-order valence-electron chi connectivity index (χ3n) is 2.35. The monoisotopic (exact) mass is 224 g/mol. The Morgan fingerprint density at radius 2 is 2.44 bits per heavy atom. The Morgan fingerprint density at radius 1 is 1.62 bits per heavy atom. The average Bonchev–Trinajstić information content (AvgIpc) is 2.72. The second-order valence-electron chi connectivity index (χ2n) is 3.72. The molecule has 0 fully saturated rings. The number of nitrogens with two attached hydrogens (primary N) is 1. The molecule has 0 radical (unpaired) electrons. The highest BCUT2D eigenvalue weighted by molar-refractivity contribution is 5.75. The van der Waals surface area contributed by atoms with Gasteiger partial charge in [0.05, 0.1) is 6.33 Å². The van der Waals surface area contributed by atoms with Gasteiger partial charge in [0.15, 0.2) is 0 Å². The number of aryl methyl sites for hydroxylation is 1. The van der Waals surface area contributed by atoms with Crippen molar-refractivity contribution in [1.82, 2.24) is 14.9 Å². The van der Waals surface area contributed by atoms with Crippen molar-refractivity contribution in [1.29, 1.82) is 0 Å². The molecule has 0 aliphatic heterocycles. The van der Waals surface area contributed by atoms with Crippen molar-refractivity contribution in [3.05, 3.63) is 18.2 Å². The minimum atomic E-state index is 0.0919. The fourth-order valence-electron chi connectivity index (χ4n) is 1.48. The van der Waals surface area contributed by atoms with Gasteiger partial charge >= 0.3 is 0 Å². The molecular formula is C11H20N4O. The van der Waals surface area contributed by atoms with E-state index in [4.69, 9.17) is 5.73 Å². The van der Waals surface area contributed by atoms with E-state index in [-0.39, 0.29) is 5.91 Å². The molecule has 5 heteroatoms. The van der Waals surface area contributed by atoms with Gasteiger partial charge in [-0.3, -0.25) is 4.79 Å². The number of carbonyl (C=O) groups excluding carboxylic acids is 1. The molecule has 0 aliphatic rings. The van der Waals surface area contributed by atoms with Crippen molar-refractivity contribution in [2.24, 2.45) is 5.73 Å². The van der Waals surface area contributed by atoms with Gasteiger partial charge in [-0.05, 0) is 13.0 Å². The molecule has 1 heterocycles. The first-order chi connectivity index (χ1) is 7.77. The van der Waals surface area contributed by atoms with Crippen LogP contribution in [0.25, 0.3) is 0 Å². The summed E-state index contributed by atoms with van der Waals surface area (Å²) in [6.45, 7) is 4.06. The van der Waals surface area contributed by atoms with E-state index in [1.807, 2.05) is 11.5 Å². The van der Waals surface area contributed by atoms with Crippen molar-refractivity contribution in [3.8, 4) is 0 Å². The maximum Gasteiger partial charge on any atom is 0.221 e. The lowest BCUT2D eigenvalue weighted by Crippen LogP contribution is -2.25. The molecule has 1 aromatic heterocycles. The van der Waals surface area contributed by atoms with Crippen LogP contribution < -0.4 is 11.1 Å². The van der Waals surface area contributed by atoms with Crippen LogP contribution in [0.4, 0.5) is 0 Å². The molecule has 0 saturated carbocycles. The Kier molecular flexibility index (Phi) is 5.56. The predicted molar refractivity (Wildman–Crippen MR) is 62.9 cm³/mol. The molecule has 5 nitrogen and oxygen atoms in total. The van der Waals surface area contributed by atoms with Gasteiger partial charge in [0, 0.05) is 37.8 Å². The van der Waals surface area contributed by atoms with E-state index < -0.39 is 0 Å². The highest BCUT2D eigenvalue weighted by Crippen LogP contribution is 2.01. The Hall–Kier alpha value is -1.36. The van der Waals surface area contributed by atoms with E-state index in [1.165, 1.54) is 0 Å². The number of hydrogen-bond acceptors (Lipinski definition) is 3. The van der Waals surface area contributed by atoms with Gasteiger partial charge in [-0.1, -0.05) is 6.92 Å². The average molecular weight is 224 g/mol. The van der Waals surface area contributed by atoms with E-state index in [2.05, 4.69) is 10.3 Å². The minimum absolute atomic E-state index is 0.0919. The van der Waals surface area contributed by atoms with Crippen LogP contribution >= 0.6 is 0 Å². The van der Waals surface area contributed by atoms with Crippen LogP contribution in [0.15, 0.2) is 12.5 Å². The first-order valence-corrected chi connectivity index (χ1v) is 5.73. The summed E-state index contributed by atoms with van der Waals surface area (Å²) in [5.74, 6) is 0.0919. The molecule has 1 rings (SSSR count). The fourth-order valence-corrected chi connectivity index (χ4v) is 1.48. The van der Waals surface area contributed by atoms with Gasteiger partial charge in [0.25, 0.3) is 0 Å². The zero-order valence-corrected chi connectivity index (χ0v) is 9.78. The fraction of sp³-hybridized carbons (Fsp3) is 0.636. The second-order valence-corrected chi connectivity index (χ2v) is 3.72. The lowest BCUT2D eigenvalue weighted by molar-refractivity contribution is -0.121. The number of rotatable bonds is 7. The van der Waals surface area contributed by atoms with Gasteiger partial charge in [-0.25, -0.2) is 4.98 Å². The number of amides is 1. The number of carbonyl (C=O) groups is 1. The Morgan fingerprint density at radius 3 is 3.12 bits per heavy atom. The summed E-state index contributed by atoms with van der Waals surface area (Å²) in [4.78, 5) is 15.5. The SMILES string of the molecule is CCCNC(=O)CCn1cncc1CCN. The van der Waals surface area contributed by atoms with Crippen molar-refractivity contribution in [2.75, 3.05) is 13.1 Å². The van der Waals surface area contributed by atoms with Crippen molar-refractivity contribution in [2.45, 2.75) is 32.7 Å². The van der Waals surface area contributed by atoms with Crippen LogP contribution in [-0.4, -0.2) is 28.5 Å². The molecule has 0 bridgehead atoms. The van der Waals surface area contributed by atoms with Crippen molar-refractivity contribution < 1.29 is 4.79 Å². The summed E-state index contributed by atoms with van der Waals surface area (Å²) in [5.41, 5.74) is 6.58. The zero-order chi connectivity index (χ0) is 11.8. The molecule has 1 amide bonds. The smallest absolute Gasteiger partial charge is 0.221 e. The summed E-state index contributed by atoms with van der Waals surface area (Å²) in [5, 5.41) is 2.85. The molecule has 0 aliphatic carbocycles. The van der Waals surface area contributed by atoms with E-state index in [9.17, 15) is 4.79 Å². The number of imidazole rings is 1. The summed E-state index contributed by atoms with van der Waals surface area (Å²) in [6.07, 6.45) is 5.81. The second kappa shape index (κ2) is 7.00. The Balaban J connectivity index is 2.35. The van der Waals surface area contributed by atoms with E-state index in [0.29, 0.717) is 19.5 Å². The summed E-state index contributed by atoms with van der Waals surface area (Å²) >= 11 is 0. The lowest BCUT2D eigenvalue weighted by atomic mass is 10.3. The first-order valence-electron chi connectivity index (χ1n) is 5.73. The Labute approximate surface area is 96.0 Å². The largest absolute Gasteiger partial charge is 0.356 e. The number of nitrogens with one attached hydrogen (secondary N) is 1. The standard InChI is InChI=1S/C11H20N4O/c1-2-6-14-11(16)4-7-15-9-13-8-10(15)3-5-12/h8-9H,2-7,12H2,1H3,(H,14,16). The van der Waals surface area contributed by atoms with E-state index in [0.717, 1.165) is 25.1 Å². The predicted octanol–water partition coefficient (Wildman–Crippen LogP) is 0.301. The zero-order valence-electron chi connectivity index (χ0n) is 9.78. The van der Waals surface area contributed by atoms with E-state index >= 15 is 0 Å². The molecule has 16 heavy (non-hydrogen) atoms. The molecule has 0 unspecified atom stereocenters. The molecule has 1 aromatic rings. The van der Waals surface area contributed by atoms with Crippen molar-refractivity contribution in [3.63, 3.8) is 0 Å². The summed E-state index contributed by atoms with van der Waals surface area (Å²) in [7, 11) is 0. The molecule has 90 valence electrons. The van der Waals surface area contributed by atoms with Crippen LogP contribution in [0.5, 0.6) is 0 Å². The molecular weight excluding hydrogens is 204 g/mol. The highest BCUT2D eigenvalue weighted by atomic mass is 16.1. The summed E-state index contributed by atoms with van der Waals surface area (Å²) in [6, 6.07) is 0. The van der Waals surface area contributed by atoms with Crippen LogP contribution in [0, 0.1) is 0 Å². The van der Waals surface area contributed by atoms with Gasteiger partial charge in [0.2, 0.25) is 5.91 Å². The third-order valence-corrected chi connectivity index (χ3v) is 2.35. The van der Waals surface area contributed by atoms with E-state index in [1.54, 1.807) is 12.5 Å². The van der Waals surface area contributed by atoms with Gasteiger partial charge in [-0.2, -0.15) is 0 Å². The molecule has 0 atom stereocenters. The van der Waals surface area contributed by atoms with Crippen LogP contribution in [0.2, 0.25) is 0 Å². The van der Waals surface area contributed by atoms with Gasteiger partial charge in [-0.15, -0.1) is 0 Å². The van der Waals surface area contributed by atoms with Gasteiger partial charge < -0.3 is 15.6 Å². The van der Waals surface area contributed by atoms with Crippen LogP contribution in [0.3, 0.4) is 0 Å². The Bertz CT molecular complexity index is 322. The van der Waals surface area contributed by atoms with Crippen LogP contribution in [0.1, 0.15) is 25.5 Å². The first kappa shape index (κ1) is 12.7. The molecule has 0 spiro atoms. The minimum Gasteiger partial charge on any atom is -0.356 e. The maximum absolute atomic E-state index is 11.4. The number of nitrogens with zero attached hydrogens (tertiary/aromatic N) is 2. The van der Waals surface area contributed by atoms with Gasteiger partial charge in [0.1, 0.15) is 0 Å². The normalized spacial score (nSPS) is 10.4. The topological polar surface area (TPSA) is 72.9 Å². The molecule has 0 aromatic carbocycles. The third kappa shape index (κ3) is 4.02. The molecule has 3 N–H and O–H groups in total. The highest BCUT2D eigenvalue weighted by Gasteiger charge is 2.04. The number of hydrogen-bond donors (Lipinski definition) is 2.